The summed E-state index contributed by atoms with van der Waals surface area (Å²) in [7, 11) is 0. The third-order valence-corrected chi connectivity index (χ3v) is 7.72. The van der Waals surface area contributed by atoms with Crippen LogP contribution < -0.4 is 10.6 Å². The number of hydrogen-bond donors (Lipinski definition) is 2. The van der Waals surface area contributed by atoms with E-state index in [1.54, 1.807) is 0 Å². The molecule has 1 aliphatic heterocycles. The van der Waals surface area contributed by atoms with E-state index in [1.807, 2.05) is 0 Å². The normalized spacial score (nSPS) is 32.1. The molecule has 0 amide bonds. The third kappa shape index (κ3) is 5.86. The Kier molecular flexibility index (Phi) is 7.54. The van der Waals surface area contributed by atoms with Gasteiger partial charge in [-0.05, 0) is 69.4 Å². The maximum atomic E-state index is 11.8. The molecule has 3 atom stereocenters. The molecular formula is C22H34N2O3S. The molecule has 6 heteroatoms. The summed E-state index contributed by atoms with van der Waals surface area (Å²) in [6.07, 6.45) is 9.46. The molecule has 156 valence electrons. The zero-order chi connectivity index (χ0) is 19.2. The van der Waals surface area contributed by atoms with Crippen molar-refractivity contribution < 1.29 is 13.1 Å². The summed E-state index contributed by atoms with van der Waals surface area (Å²) in [5, 5.41) is 7.32. The lowest BCUT2D eigenvalue weighted by atomic mass is 9.83. The van der Waals surface area contributed by atoms with Gasteiger partial charge in [0.25, 0.3) is 0 Å². The van der Waals surface area contributed by atoms with Gasteiger partial charge in [0.05, 0.1) is 18.0 Å². The molecule has 1 unspecified atom stereocenters. The largest absolute Gasteiger partial charge is 0.377 e. The highest BCUT2D eigenvalue weighted by Gasteiger charge is 2.31. The van der Waals surface area contributed by atoms with Crippen LogP contribution in [0.25, 0.3) is 0 Å². The molecule has 1 saturated heterocycles. The molecule has 0 spiro atoms. The second-order valence-electron chi connectivity index (χ2n) is 8.45. The molecule has 1 aromatic rings. The first-order valence-electron chi connectivity index (χ1n) is 11.0. The van der Waals surface area contributed by atoms with Crippen LogP contribution in [0.5, 0.6) is 0 Å². The summed E-state index contributed by atoms with van der Waals surface area (Å²) in [5.41, 5.74) is 1.47. The van der Waals surface area contributed by atoms with Crippen LogP contribution in [0.15, 0.2) is 30.3 Å². The second-order valence-corrected chi connectivity index (χ2v) is 9.88. The molecule has 0 bridgehead atoms. The molecule has 3 aliphatic rings. The quantitative estimate of drug-likeness (QED) is 0.617. The highest BCUT2D eigenvalue weighted by molar-refractivity contribution is 7.81. The van der Waals surface area contributed by atoms with Gasteiger partial charge >= 0.3 is 0 Å². The minimum Gasteiger partial charge on any atom is -0.377 e. The number of rotatable bonds is 9. The molecule has 4 rings (SSSR count). The molecule has 2 aliphatic carbocycles. The smallest absolute Gasteiger partial charge is 0.159 e. The Balaban J connectivity index is 1.17. The van der Waals surface area contributed by atoms with Gasteiger partial charge in [0.15, 0.2) is 11.1 Å². The highest BCUT2D eigenvalue weighted by atomic mass is 32.2. The molecule has 1 aromatic carbocycles. The fourth-order valence-electron chi connectivity index (χ4n) is 4.46. The molecule has 0 radical (unpaired) electrons. The van der Waals surface area contributed by atoms with Crippen molar-refractivity contribution in [3.8, 4) is 0 Å². The van der Waals surface area contributed by atoms with E-state index in [2.05, 4.69) is 41.0 Å². The number of piperidine rings is 1. The van der Waals surface area contributed by atoms with Gasteiger partial charge in [-0.3, -0.25) is 9.50 Å². The molecule has 1 heterocycles. The van der Waals surface area contributed by atoms with Crippen molar-refractivity contribution in [3.63, 3.8) is 0 Å². The fourth-order valence-corrected chi connectivity index (χ4v) is 5.35. The van der Waals surface area contributed by atoms with E-state index in [0.717, 1.165) is 51.7 Å². The minimum absolute atomic E-state index is 0.274. The van der Waals surface area contributed by atoms with Gasteiger partial charge in [-0.15, -0.1) is 0 Å². The van der Waals surface area contributed by atoms with E-state index < -0.39 is 11.1 Å². The maximum absolute atomic E-state index is 11.8. The van der Waals surface area contributed by atoms with Crippen molar-refractivity contribution in [1.82, 2.24) is 10.6 Å². The van der Waals surface area contributed by atoms with Crippen LogP contribution in [0.1, 0.15) is 62.8 Å². The molecule has 2 N–H and O–H groups in total. The van der Waals surface area contributed by atoms with Crippen LogP contribution in [-0.4, -0.2) is 47.5 Å². The number of hydrogen-bond acceptors (Lipinski definition) is 5. The van der Waals surface area contributed by atoms with E-state index in [9.17, 15) is 4.21 Å². The van der Waals surface area contributed by atoms with Crippen LogP contribution in [0.2, 0.25) is 0 Å². The molecule has 0 aromatic heterocycles. The summed E-state index contributed by atoms with van der Waals surface area (Å²) in [4.78, 5) is 0. The van der Waals surface area contributed by atoms with Crippen LogP contribution >= 0.6 is 0 Å². The van der Waals surface area contributed by atoms with Crippen molar-refractivity contribution in [2.45, 2.75) is 80.7 Å². The zero-order valence-electron chi connectivity index (χ0n) is 16.7. The maximum Gasteiger partial charge on any atom is 0.159 e. The fraction of sp³-hybridized carbons (Fsp3) is 0.727. The summed E-state index contributed by atoms with van der Waals surface area (Å²) in [5.74, 6) is 0.688. The van der Waals surface area contributed by atoms with Gasteiger partial charge in [-0.1, -0.05) is 30.3 Å². The standard InChI is InChI=1S/C22H34N2O3S/c25-28(20-12-13-20)27-16-24-21-7-4-14-23-22(21)15-26-19-10-8-18(9-11-19)17-5-2-1-3-6-17/h1-3,5-6,18-24H,4,7-16H2/t18?,19?,21-,22-,28?/m0/s1. The summed E-state index contributed by atoms with van der Waals surface area (Å²) < 4.78 is 23.6. The summed E-state index contributed by atoms with van der Waals surface area (Å²) in [6.45, 7) is 2.15. The predicted octanol–water partition coefficient (Wildman–Crippen LogP) is 3.24. The Labute approximate surface area is 171 Å². The first-order chi connectivity index (χ1) is 13.8. The van der Waals surface area contributed by atoms with E-state index in [4.69, 9.17) is 8.92 Å². The lowest BCUT2D eigenvalue weighted by Crippen LogP contribution is -2.54. The Morgan fingerprint density at radius 3 is 2.57 bits per heavy atom. The number of nitrogens with one attached hydrogen (secondary N) is 2. The molecule has 5 nitrogen and oxygen atoms in total. The van der Waals surface area contributed by atoms with E-state index in [-0.39, 0.29) is 5.25 Å². The van der Waals surface area contributed by atoms with E-state index in [0.29, 0.717) is 30.8 Å². The van der Waals surface area contributed by atoms with Crippen LogP contribution in [0.3, 0.4) is 0 Å². The zero-order valence-corrected chi connectivity index (χ0v) is 17.5. The van der Waals surface area contributed by atoms with Gasteiger partial charge in [0, 0.05) is 12.1 Å². The topological polar surface area (TPSA) is 59.6 Å². The second kappa shape index (κ2) is 10.3. The third-order valence-electron chi connectivity index (χ3n) is 6.36. The van der Waals surface area contributed by atoms with Gasteiger partial charge in [0.1, 0.15) is 6.73 Å². The van der Waals surface area contributed by atoms with Crippen molar-refractivity contribution in [2.75, 3.05) is 19.9 Å². The Hall–Kier alpha value is -0.790. The van der Waals surface area contributed by atoms with Crippen molar-refractivity contribution in [2.24, 2.45) is 0 Å². The first kappa shape index (κ1) is 20.5. The number of ether oxygens (including phenoxy) is 1. The van der Waals surface area contributed by atoms with Crippen molar-refractivity contribution >= 4 is 11.1 Å². The van der Waals surface area contributed by atoms with Crippen LogP contribution in [0.4, 0.5) is 0 Å². The number of benzene rings is 1. The summed E-state index contributed by atoms with van der Waals surface area (Å²) >= 11 is -1.12. The molecular weight excluding hydrogens is 372 g/mol. The lowest BCUT2D eigenvalue weighted by Gasteiger charge is -2.35. The molecule has 2 saturated carbocycles. The molecule has 3 fully saturated rings. The van der Waals surface area contributed by atoms with Crippen molar-refractivity contribution in [3.05, 3.63) is 35.9 Å². The minimum atomic E-state index is -1.12. The lowest BCUT2D eigenvalue weighted by molar-refractivity contribution is 0.00262. The van der Waals surface area contributed by atoms with Crippen LogP contribution in [0, 0.1) is 0 Å². The monoisotopic (exact) mass is 406 g/mol. The summed E-state index contributed by atoms with van der Waals surface area (Å²) in [6, 6.07) is 11.5. The van der Waals surface area contributed by atoms with Crippen molar-refractivity contribution in [1.29, 1.82) is 0 Å². The first-order valence-corrected chi connectivity index (χ1v) is 12.1. The average Bonchev–Trinajstić information content (AvgIpc) is 3.60. The van der Waals surface area contributed by atoms with E-state index in [1.165, 1.54) is 18.4 Å². The van der Waals surface area contributed by atoms with Gasteiger partial charge in [0.2, 0.25) is 0 Å². The Bertz CT molecular complexity index is 617. The van der Waals surface area contributed by atoms with Gasteiger partial charge < -0.3 is 10.1 Å². The Morgan fingerprint density at radius 1 is 1.04 bits per heavy atom. The van der Waals surface area contributed by atoms with Crippen LogP contribution in [-0.2, 0) is 20.0 Å². The van der Waals surface area contributed by atoms with Gasteiger partial charge in [-0.2, -0.15) is 0 Å². The SMILES string of the molecule is O=S(OCN[C@H]1CCCN[C@H]1COC1CCC(c2ccccc2)CC1)C1CC1. The molecule has 28 heavy (non-hydrogen) atoms. The van der Waals surface area contributed by atoms with E-state index >= 15 is 0 Å². The predicted molar refractivity (Wildman–Crippen MR) is 112 cm³/mol. The van der Waals surface area contributed by atoms with Gasteiger partial charge in [-0.25, -0.2) is 4.21 Å². The highest BCUT2D eigenvalue weighted by Crippen LogP contribution is 2.34. The Morgan fingerprint density at radius 2 is 1.82 bits per heavy atom. The average molecular weight is 407 g/mol.